The highest BCUT2D eigenvalue weighted by atomic mass is 16.3. The standard InChI is InChI=1S/C17H13N3O2/c1-11-6-7-12(10-14(11)19-16(21)8-9-18)17-20-13-4-2-3-5-15(13)22-17/h2-7,10H,8H2,1H3,(H,19,21). The van der Waals surface area contributed by atoms with Gasteiger partial charge < -0.3 is 9.73 Å². The van der Waals surface area contributed by atoms with Crippen LogP contribution in [-0.2, 0) is 4.79 Å². The van der Waals surface area contributed by atoms with Crippen molar-refractivity contribution in [1.29, 1.82) is 5.26 Å². The molecule has 1 heterocycles. The number of amides is 1. The lowest BCUT2D eigenvalue weighted by Crippen LogP contribution is -2.11. The first-order valence-electron chi connectivity index (χ1n) is 6.81. The smallest absolute Gasteiger partial charge is 0.238 e. The molecular weight excluding hydrogens is 278 g/mol. The van der Waals surface area contributed by atoms with E-state index in [0.717, 1.165) is 16.6 Å². The molecule has 1 N–H and O–H groups in total. The molecule has 0 bridgehead atoms. The third-order valence-electron chi connectivity index (χ3n) is 3.29. The van der Waals surface area contributed by atoms with Crippen LogP contribution in [0.15, 0.2) is 46.9 Å². The maximum Gasteiger partial charge on any atom is 0.238 e. The second-order valence-corrected chi connectivity index (χ2v) is 4.90. The average Bonchev–Trinajstić information content (AvgIpc) is 2.93. The highest BCUT2D eigenvalue weighted by molar-refractivity contribution is 5.93. The normalized spacial score (nSPS) is 10.4. The van der Waals surface area contributed by atoms with E-state index < -0.39 is 0 Å². The molecule has 0 fully saturated rings. The molecule has 1 amide bonds. The van der Waals surface area contributed by atoms with E-state index in [1.807, 2.05) is 49.4 Å². The van der Waals surface area contributed by atoms with Gasteiger partial charge in [-0.25, -0.2) is 4.98 Å². The van der Waals surface area contributed by atoms with Crippen LogP contribution in [0.3, 0.4) is 0 Å². The molecule has 0 atom stereocenters. The van der Waals surface area contributed by atoms with E-state index in [-0.39, 0.29) is 12.3 Å². The van der Waals surface area contributed by atoms with Crippen LogP contribution in [-0.4, -0.2) is 10.9 Å². The van der Waals surface area contributed by atoms with Crippen LogP contribution in [0.5, 0.6) is 0 Å². The van der Waals surface area contributed by atoms with Gasteiger partial charge in [0.1, 0.15) is 11.9 Å². The minimum Gasteiger partial charge on any atom is -0.436 e. The fraction of sp³-hybridized carbons (Fsp3) is 0.118. The first-order chi connectivity index (χ1) is 10.7. The van der Waals surface area contributed by atoms with Crippen molar-refractivity contribution < 1.29 is 9.21 Å². The topological polar surface area (TPSA) is 78.9 Å². The molecular formula is C17H13N3O2. The summed E-state index contributed by atoms with van der Waals surface area (Å²) in [5, 5.41) is 11.3. The molecule has 0 saturated heterocycles. The van der Waals surface area contributed by atoms with Gasteiger partial charge in [0.2, 0.25) is 11.8 Å². The molecule has 0 unspecified atom stereocenters. The maximum absolute atomic E-state index is 11.6. The Labute approximate surface area is 127 Å². The number of aryl methyl sites for hydroxylation is 1. The van der Waals surface area contributed by atoms with Crippen molar-refractivity contribution in [2.24, 2.45) is 0 Å². The molecule has 0 spiro atoms. The number of oxazole rings is 1. The van der Waals surface area contributed by atoms with Crippen LogP contribution in [0, 0.1) is 18.3 Å². The van der Waals surface area contributed by atoms with E-state index in [2.05, 4.69) is 10.3 Å². The fourth-order valence-corrected chi connectivity index (χ4v) is 2.15. The summed E-state index contributed by atoms with van der Waals surface area (Å²) in [4.78, 5) is 16.0. The minimum atomic E-state index is -0.333. The molecule has 0 radical (unpaired) electrons. The van der Waals surface area contributed by atoms with E-state index in [4.69, 9.17) is 9.68 Å². The van der Waals surface area contributed by atoms with Crippen molar-refractivity contribution in [2.75, 3.05) is 5.32 Å². The predicted octanol–water partition coefficient (Wildman–Crippen LogP) is 3.66. The molecule has 5 heteroatoms. The largest absolute Gasteiger partial charge is 0.436 e. The molecule has 0 aliphatic rings. The van der Waals surface area contributed by atoms with Crippen LogP contribution < -0.4 is 5.32 Å². The third-order valence-corrected chi connectivity index (χ3v) is 3.29. The van der Waals surface area contributed by atoms with Crippen molar-refractivity contribution >= 4 is 22.7 Å². The molecule has 3 aromatic rings. The van der Waals surface area contributed by atoms with Crippen molar-refractivity contribution in [3.63, 3.8) is 0 Å². The number of anilines is 1. The number of hydrogen-bond donors (Lipinski definition) is 1. The molecule has 3 rings (SSSR count). The predicted molar refractivity (Wildman–Crippen MR) is 83.0 cm³/mol. The van der Waals surface area contributed by atoms with Gasteiger partial charge in [-0.1, -0.05) is 18.2 Å². The van der Waals surface area contributed by atoms with Crippen molar-refractivity contribution in [2.45, 2.75) is 13.3 Å². The van der Waals surface area contributed by atoms with Crippen molar-refractivity contribution in [3.8, 4) is 17.5 Å². The lowest BCUT2D eigenvalue weighted by atomic mass is 10.1. The van der Waals surface area contributed by atoms with Crippen LogP contribution in [0.4, 0.5) is 5.69 Å². The summed E-state index contributed by atoms with van der Waals surface area (Å²) in [6, 6.07) is 14.9. The van der Waals surface area contributed by atoms with Gasteiger partial charge in [-0.3, -0.25) is 4.79 Å². The number of rotatable bonds is 3. The van der Waals surface area contributed by atoms with Gasteiger partial charge in [0, 0.05) is 11.3 Å². The number of carbonyl (C=O) groups excluding carboxylic acids is 1. The highest BCUT2D eigenvalue weighted by Gasteiger charge is 2.11. The Bertz CT molecular complexity index is 857. The van der Waals surface area contributed by atoms with Gasteiger partial charge in [0.15, 0.2) is 5.58 Å². The number of nitrogens with zero attached hydrogens (tertiary/aromatic N) is 2. The number of benzene rings is 2. The maximum atomic E-state index is 11.6. The first-order valence-corrected chi connectivity index (χ1v) is 6.81. The SMILES string of the molecule is Cc1ccc(-c2nc3ccccc3o2)cc1NC(=O)CC#N. The van der Waals surface area contributed by atoms with Gasteiger partial charge >= 0.3 is 0 Å². The fourth-order valence-electron chi connectivity index (χ4n) is 2.15. The van der Waals surface area contributed by atoms with Gasteiger partial charge in [-0.05, 0) is 36.8 Å². The Morgan fingerprint density at radius 2 is 2.14 bits per heavy atom. The zero-order chi connectivity index (χ0) is 15.5. The molecule has 0 saturated carbocycles. The monoisotopic (exact) mass is 291 g/mol. The quantitative estimate of drug-likeness (QED) is 0.798. The zero-order valence-electron chi connectivity index (χ0n) is 12.0. The number of aromatic nitrogens is 1. The first kappa shape index (κ1) is 13.8. The Morgan fingerprint density at radius 3 is 2.91 bits per heavy atom. The second-order valence-electron chi connectivity index (χ2n) is 4.90. The van der Waals surface area contributed by atoms with E-state index in [0.29, 0.717) is 17.2 Å². The molecule has 108 valence electrons. The van der Waals surface area contributed by atoms with E-state index in [1.165, 1.54) is 0 Å². The summed E-state index contributed by atoms with van der Waals surface area (Å²) in [5.74, 6) is 0.164. The van der Waals surface area contributed by atoms with Gasteiger partial charge in [-0.2, -0.15) is 5.26 Å². The molecule has 1 aromatic heterocycles. The molecule has 5 nitrogen and oxygen atoms in total. The van der Waals surface area contributed by atoms with Crippen LogP contribution >= 0.6 is 0 Å². The number of nitrogens with one attached hydrogen (secondary N) is 1. The Hall–Kier alpha value is -3.13. The zero-order valence-corrected chi connectivity index (χ0v) is 12.0. The number of para-hydroxylation sites is 2. The van der Waals surface area contributed by atoms with Gasteiger partial charge in [0.05, 0.1) is 6.07 Å². The summed E-state index contributed by atoms with van der Waals surface area (Å²) < 4.78 is 5.73. The third kappa shape index (κ3) is 2.67. The molecule has 2 aromatic carbocycles. The van der Waals surface area contributed by atoms with E-state index in [1.54, 1.807) is 6.07 Å². The highest BCUT2D eigenvalue weighted by Crippen LogP contribution is 2.27. The number of carbonyl (C=O) groups is 1. The summed E-state index contributed by atoms with van der Waals surface area (Å²) >= 11 is 0. The van der Waals surface area contributed by atoms with Crippen LogP contribution in [0.25, 0.3) is 22.6 Å². The minimum absolute atomic E-state index is 0.174. The Balaban J connectivity index is 1.97. The number of hydrogen-bond acceptors (Lipinski definition) is 4. The van der Waals surface area contributed by atoms with Crippen molar-refractivity contribution in [3.05, 3.63) is 48.0 Å². The lowest BCUT2D eigenvalue weighted by Gasteiger charge is -2.08. The van der Waals surface area contributed by atoms with Crippen LogP contribution in [0.2, 0.25) is 0 Å². The Morgan fingerprint density at radius 1 is 1.32 bits per heavy atom. The number of fused-ring (bicyclic) bond motifs is 1. The number of nitriles is 1. The summed E-state index contributed by atoms with van der Waals surface area (Å²) in [7, 11) is 0. The summed E-state index contributed by atoms with van der Waals surface area (Å²) in [5.41, 5.74) is 3.83. The van der Waals surface area contributed by atoms with E-state index >= 15 is 0 Å². The lowest BCUT2D eigenvalue weighted by molar-refractivity contribution is -0.115. The van der Waals surface area contributed by atoms with Crippen LogP contribution in [0.1, 0.15) is 12.0 Å². The molecule has 22 heavy (non-hydrogen) atoms. The average molecular weight is 291 g/mol. The molecule has 0 aliphatic carbocycles. The van der Waals surface area contributed by atoms with Crippen molar-refractivity contribution in [1.82, 2.24) is 4.98 Å². The Kier molecular flexibility index (Phi) is 3.58. The van der Waals surface area contributed by atoms with Gasteiger partial charge in [0.25, 0.3) is 0 Å². The summed E-state index contributed by atoms with van der Waals surface area (Å²) in [6.07, 6.45) is -0.174. The summed E-state index contributed by atoms with van der Waals surface area (Å²) in [6.45, 7) is 1.89. The van der Waals surface area contributed by atoms with Gasteiger partial charge in [-0.15, -0.1) is 0 Å². The molecule has 0 aliphatic heterocycles. The second kappa shape index (κ2) is 5.70. The van der Waals surface area contributed by atoms with E-state index in [9.17, 15) is 4.79 Å².